The maximum Gasteiger partial charge on any atom is 0.330 e. The van der Waals surface area contributed by atoms with Gasteiger partial charge in [0.05, 0.1) is 19.0 Å². The van der Waals surface area contributed by atoms with Crippen LogP contribution in [0.5, 0.6) is 0 Å². The number of fused-ring (bicyclic) bond motifs is 1. The van der Waals surface area contributed by atoms with Gasteiger partial charge in [-0.25, -0.2) is 14.8 Å². The molecule has 0 aliphatic heterocycles. The SMILES string of the molecule is COC(=O)/C=C/CCNC(=O)CNc1ncnc2sc(C)c(C)c12. The van der Waals surface area contributed by atoms with E-state index in [-0.39, 0.29) is 12.5 Å². The predicted octanol–water partition coefficient (Wildman–Crippen LogP) is 1.96. The van der Waals surface area contributed by atoms with Crippen molar-refractivity contribution >= 4 is 39.2 Å². The number of aryl methyl sites for hydroxylation is 2. The van der Waals surface area contributed by atoms with E-state index < -0.39 is 5.97 Å². The van der Waals surface area contributed by atoms with Crippen molar-refractivity contribution < 1.29 is 14.3 Å². The van der Waals surface area contributed by atoms with Crippen LogP contribution >= 0.6 is 11.3 Å². The van der Waals surface area contributed by atoms with Gasteiger partial charge in [-0.1, -0.05) is 6.08 Å². The molecular weight excluding hydrogens is 328 g/mol. The van der Waals surface area contributed by atoms with E-state index in [4.69, 9.17) is 0 Å². The fraction of sp³-hybridized carbons (Fsp3) is 0.375. The zero-order valence-electron chi connectivity index (χ0n) is 13.9. The lowest BCUT2D eigenvalue weighted by Crippen LogP contribution is -2.30. The van der Waals surface area contributed by atoms with Crippen molar-refractivity contribution in [2.24, 2.45) is 0 Å². The normalized spacial score (nSPS) is 11.0. The Bertz CT molecular complexity index is 770. The number of carbonyl (C=O) groups excluding carboxylic acids is 2. The molecule has 2 heterocycles. The molecule has 2 rings (SSSR count). The van der Waals surface area contributed by atoms with Gasteiger partial charge in [0, 0.05) is 17.5 Å². The average Bonchev–Trinajstić information content (AvgIpc) is 2.87. The molecule has 0 saturated carbocycles. The number of esters is 1. The second kappa shape index (κ2) is 8.39. The highest BCUT2D eigenvalue weighted by Gasteiger charge is 2.12. The van der Waals surface area contributed by atoms with Crippen molar-refractivity contribution in [2.45, 2.75) is 20.3 Å². The van der Waals surface area contributed by atoms with Crippen molar-refractivity contribution in [3.63, 3.8) is 0 Å². The standard InChI is InChI=1S/C16H20N4O3S/c1-10-11(2)24-16-14(10)15(19-9-20-16)18-8-12(21)17-7-5-4-6-13(22)23-3/h4,6,9H,5,7-8H2,1-3H3,(H,17,21)(H,18,19,20)/b6-4+. The maximum atomic E-state index is 11.9. The first-order valence-electron chi connectivity index (χ1n) is 7.48. The van der Waals surface area contributed by atoms with Crippen LogP contribution in [0, 0.1) is 13.8 Å². The van der Waals surface area contributed by atoms with Crippen molar-refractivity contribution in [1.29, 1.82) is 0 Å². The number of anilines is 1. The molecule has 2 N–H and O–H groups in total. The summed E-state index contributed by atoms with van der Waals surface area (Å²) in [6.07, 6.45) is 5.05. The Morgan fingerprint density at radius 2 is 2.12 bits per heavy atom. The zero-order valence-corrected chi connectivity index (χ0v) is 14.7. The Morgan fingerprint density at radius 1 is 1.33 bits per heavy atom. The molecular formula is C16H20N4O3S. The number of thiophene rings is 1. The highest BCUT2D eigenvalue weighted by molar-refractivity contribution is 7.18. The molecule has 0 atom stereocenters. The van der Waals surface area contributed by atoms with Crippen LogP contribution in [-0.2, 0) is 14.3 Å². The van der Waals surface area contributed by atoms with E-state index >= 15 is 0 Å². The molecule has 2 aromatic rings. The molecule has 7 nitrogen and oxygen atoms in total. The fourth-order valence-electron chi connectivity index (χ4n) is 2.09. The number of ether oxygens (including phenoxy) is 1. The summed E-state index contributed by atoms with van der Waals surface area (Å²) >= 11 is 1.61. The van der Waals surface area contributed by atoms with E-state index in [1.54, 1.807) is 17.4 Å². The molecule has 0 fully saturated rings. The molecule has 0 unspecified atom stereocenters. The second-order valence-electron chi connectivity index (χ2n) is 5.10. The summed E-state index contributed by atoms with van der Waals surface area (Å²) < 4.78 is 4.48. The van der Waals surface area contributed by atoms with Gasteiger partial charge < -0.3 is 15.4 Å². The fourth-order valence-corrected chi connectivity index (χ4v) is 3.08. The van der Waals surface area contributed by atoms with Gasteiger partial charge in [-0.15, -0.1) is 11.3 Å². The Hall–Kier alpha value is -2.48. The highest BCUT2D eigenvalue weighted by Crippen LogP contribution is 2.32. The summed E-state index contributed by atoms with van der Waals surface area (Å²) in [6, 6.07) is 0. The minimum Gasteiger partial charge on any atom is -0.466 e. The lowest BCUT2D eigenvalue weighted by Gasteiger charge is -2.07. The first-order valence-corrected chi connectivity index (χ1v) is 8.30. The van der Waals surface area contributed by atoms with Crippen molar-refractivity contribution in [3.05, 3.63) is 28.9 Å². The quantitative estimate of drug-likeness (QED) is 0.451. The van der Waals surface area contributed by atoms with Crippen LogP contribution in [0.1, 0.15) is 16.9 Å². The minimum atomic E-state index is -0.405. The van der Waals surface area contributed by atoms with Gasteiger partial charge >= 0.3 is 5.97 Å². The Balaban J connectivity index is 1.84. The van der Waals surface area contributed by atoms with Crippen LogP contribution in [0.15, 0.2) is 18.5 Å². The third-order valence-corrected chi connectivity index (χ3v) is 4.59. The molecule has 0 radical (unpaired) electrons. The van der Waals surface area contributed by atoms with Crippen molar-refractivity contribution in [2.75, 3.05) is 25.5 Å². The topological polar surface area (TPSA) is 93.2 Å². The number of methoxy groups -OCH3 is 1. The van der Waals surface area contributed by atoms with Crippen LogP contribution < -0.4 is 10.6 Å². The maximum absolute atomic E-state index is 11.9. The molecule has 0 bridgehead atoms. The number of hydrogen-bond acceptors (Lipinski definition) is 7. The Labute approximate surface area is 144 Å². The monoisotopic (exact) mass is 348 g/mol. The molecule has 8 heteroatoms. The van der Waals surface area contributed by atoms with Gasteiger partial charge in [0.2, 0.25) is 5.91 Å². The number of nitrogens with zero attached hydrogens (tertiary/aromatic N) is 2. The van der Waals surface area contributed by atoms with Crippen LogP contribution in [0.2, 0.25) is 0 Å². The molecule has 128 valence electrons. The number of hydrogen-bond donors (Lipinski definition) is 2. The first-order chi connectivity index (χ1) is 11.5. The second-order valence-corrected chi connectivity index (χ2v) is 6.31. The summed E-state index contributed by atoms with van der Waals surface area (Å²) in [4.78, 5) is 33.4. The van der Waals surface area contributed by atoms with Gasteiger partial charge in [0.1, 0.15) is 17.0 Å². The summed E-state index contributed by atoms with van der Waals surface area (Å²) in [5.41, 5.74) is 1.13. The summed E-state index contributed by atoms with van der Waals surface area (Å²) in [7, 11) is 1.32. The number of carbonyl (C=O) groups is 2. The molecule has 0 aliphatic carbocycles. The van der Waals surface area contributed by atoms with Gasteiger partial charge in [-0.3, -0.25) is 4.79 Å². The lowest BCUT2D eigenvalue weighted by molar-refractivity contribution is -0.134. The molecule has 0 spiro atoms. The Morgan fingerprint density at radius 3 is 2.88 bits per heavy atom. The average molecular weight is 348 g/mol. The van der Waals surface area contributed by atoms with E-state index in [0.717, 1.165) is 15.8 Å². The smallest absolute Gasteiger partial charge is 0.330 e. The van der Waals surface area contributed by atoms with E-state index in [1.165, 1.54) is 24.4 Å². The molecule has 0 aromatic carbocycles. The summed E-state index contributed by atoms with van der Waals surface area (Å²) in [6.45, 7) is 4.64. The van der Waals surface area contributed by atoms with E-state index in [2.05, 4.69) is 25.3 Å². The van der Waals surface area contributed by atoms with Gasteiger partial charge in [0.25, 0.3) is 0 Å². The van der Waals surface area contributed by atoms with Gasteiger partial charge in [-0.05, 0) is 25.8 Å². The van der Waals surface area contributed by atoms with Crippen molar-refractivity contribution in [1.82, 2.24) is 15.3 Å². The number of rotatable bonds is 7. The van der Waals surface area contributed by atoms with E-state index in [1.807, 2.05) is 13.8 Å². The minimum absolute atomic E-state index is 0.126. The summed E-state index contributed by atoms with van der Waals surface area (Å²) in [5.74, 6) is 0.123. The summed E-state index contributed by atoms with van der Waals surface area (Å²) in [5, 5.41) is 6.79. The zero-order chi connectivity index (χ0) is 17.5. The molecule has 0 aliphatic rings. The third-order valence-electron chi connectivity index (χ3n) is 3.47. The van der Waals surface area contributed by atoms with Crippen LogP contribution in [0.25, 0.3) is 10.2 Å². The largest absolute Gasteiger partial charge is 0.466 e. The van der Waals surface area contributed by atoms with Gasteiger partial charge in [-0.2, -0.15) is 0 Å². The van der Waals surface area contributed by atoms with Crippen LogP contribution in [0.4, 0.5) is 5.82 Å². The predicted molar refractivity (Wildman–Crippen MR) is 94.2 cm³/mol. The highest BCUT2D eigenvalue weighted by atomic mass is 32.1. The van der Waals surface area contributed by atoms with Crippen molar-refractivity contribution in [3.8, 4) is 0 Å². The molecule has 1 amide bonds. The van der Waals surface area contributed by atoms with Crippen LogP contribution in [0.3, 0.4) is 0 Å². The third kappa shape index (κ3) is 4.51. The molecule has 2 aromatic heterocycles. The number of amides is 1. The Kier molecular flexibility index (Phi) is 6.25. The molecule has 24 heavy (non-hydrogen) atoms. The molecule has 0 saturated heterocycles. The van der Waals surface area contributed by atoms with Crippen LogP contribution in [-0.4, -0.2) is 42.0 Å². The number of aromatic nitrogens is 2. The first kappa shape index (κ1) is 17.9. The van der Waals surface area contributed by atoms with E-state index in [9.17, 15) is 9.59 Å². The number of nitrogens with one attached hydrogen (secondary N) is 2. The van der Waals surface area contributed by atoms with Gasteiger partial charge in [0.15, 0.2) is 0 Å². The lowest BCUT2D eigenvalue weighted by atomic mass is 10.2. The van der Waals surface area contributed by atoms with E-state index in [0.29, 0.717) is 18.8 Å².